The summed E-state index contributed by atoms with van der Waals surface area (Å²) in [6.45, 7) is 6.40. The van der Waals surface area contributed by atoms with Crippen molar-refractivity contribution in [3.05, 3.63) is 35.6 Å². The number of nitrogens with zero attached hydrogens (tertiary/aromatic N) is 1. The van der Waals surface area contributed by atoms with Crippen molar-refractivity contribution in [3.63, 3.8) is 0 Å². The van der Waals surface area contributed by atoms with Crippen LogP contribution in [0.4, 0.5) is 4.39 Å². The minimum atomic E-state index is -0.191. The zero-order chi connectivity index (χ0) is 14.5. The van der Waals surface area contributed by atoms with Crippen molar-refractivity contribution in [2.24, 2.45) is 5.92 Å². The predicted molar refractivity (Wildman–Crippen MR) is 77.7 cm³/mol. The summed E-state index contributed by atoms with van der Waals surface area (Å²) in [5, 5.41) is 3.09. The van der Waals surface area contributed by atoms with Crippen LogP contribution in [0.3, 0.4) is 0 Å². The summed E-state index contributed by atoms with van der Waals surface area (Å²) < 4.78 is 13.2. The Morgan fingerprint density at radius 2 is 2.30 bits per heavy atom. The third-order valence-corrected chi connectivity index (χ3v) is 3.67. The molecule has 1 N–H and O–H groups in total. The number of halogens is 1. The maximum Gasteiger partial charge on any atom is 0.222 e. The number of piperidine rings is 1. The number of hydrogen-bond acceptors (Lipinski definition) is 2. The van der Waals surface area contributed by atoms with Gasteiger partial charge in [0.25, 0.3) is 0 Å². The summed E-state index contributed by atoms with van der Waals surface area (Å²) in [6, 6.07) is 6.94. The van der Waals surface area contributed by atoms with Gasteiger partial charge in [0, 0.05) is 25.0 Å². The maximum atomic E-state index is 13.2. The van der Waals surface area contributed by atoms with E-state index in [1.54, 1.807) is 12.1 Å². The standard InChI is InChI=1S/C16H23FN2O/c1-12(2)16(20)18-15-7-4-8-19(11-15)10-13-5-3-6-14(17)9-13/h3,5-6,9,12,15H,4,7-8,10-11H2,1-2H3,(H,18,20). The summed E-state index contributed by atoms with van der Waals surface area (Å²) in [7, 11) is 0. The zero-order valence-corrected chi connectivity index (χ0v) is 12.2. The molecule has 1 fully saturated rings. The molecule has 3 nitrogen and oxygen atoms in total. The Hall–Kier alpha value is -1.42. The largest absolute Gasteiger partial charge is 0.352 e. The average molecular weight is 278 g/mol. The molecule has 0 aliphatic carbocycles. The lowest BCUT2D eigenvalue weighted by molar-refractivity contribution is -0.125. The molecule has 1 atom stereocenters. The van der Waals surface area contributed by atoms with Gasteiger partial charge in [0.2, 0.25) is 5.91 Å². The van der Waals surface area contributed by atoms with Crippen LogP contribution in [0.5, 0.6) is 0 Å². The van der Waals surface area contributed by atoms with E-state index < -0.39 is 0 Å². The second-order valence-electron chi connectivity index (χ2n) is 5.87. The Kier molecular flexibility index (Phi) is 5.12. The number of hydrogen-bond donors (Lipinski definition) is 1. The molecule has 0 saturated carbocycles. The number of nitrogens with one attached hydrogen (secondary N) is 1. The van der Waals surface area contributed by atoms with Gasteiger partial charge < -0.3 is 5.32 Å². The van der Waals surface area contributed by atoms with E-state index in [0.717, 1.165) is 38.0 Å². The van der Waals surface area contributed by atoms with Crippen molar-refractivity contribution in [2.75, 3.05) is 13.1 Å². The van der Waals surface area contributed by atoms with Crippen LogP contribution in [0.15, 0.2) is 24.3 Å². The highest BCUT2D eigenvalue weighted by Gasteiger charge is 2.22. The molecule has 4 heteroatoms. The third kappa shape index (κ3) is 4.30. The molecule has 0 aromatic heterocycles. The van der Waals surface area contributed by atoms with Crippen LogP contribution in [-0.4, -0.2) is 29.9 Å². The smallest absolute Gasteiger partial charge is 0.222 e. The van der Waals surface area contributed by atoms with E-state index >= 15 is 0 Å². The lowest BCUT2D eigenvalue weighted by atomic mass is 10.0. The molecular weight excluding hydrogens is 255 g/mol. The van der Waals surface area contributed by atoms with Crippen LogP contribution in [0.2, 0.25) is 0 Å². The van der Waals surface area contributed by atoms with E-state index in [-0.39, 0.29) is 23.7 Å². The predicted octanol–water partition coefficient (Wildman–Crippen LogP) is 2.56. The molecule has 2 rings (SSSR count). The number of benzene rings is 1. The van der Waals surface area contributed by atoms with E-state index in [0.29, 0.717) is 0 Å². The summed E-state index contributed by atoms with van der Waals surface area (Å²) >= 11 is 0. The number of carbonyl (C=O) groups is 1. The van der Waals surface area contributed by atoms with Crippen molar-refractivity contribution in [3.8, 4) is 0 Å². The van der Waals surface area contributed by atoms with E-state index in [1.165, 1.54) is 6.07 Å². The second-order valence-corrected chi connectivity index (χ2v) is 5.87. The van der Waals surface area contributed by atoms with Crippen LogP contribution in [-0.2, 0) is 11.3 Å². The first kappa shape index (κ1) is 15.0. The topological polar surface area (TPSA) is 32.3 Å². The molecule has 1 amide bonds. The van der Waals surface area contributed by atoms with Gasteiger partial charge in [-0.15, -0.1) is 0 Å². The SMILES string of the molecule is CC(C)C(=O)NC1CCCN(Cc2cccc(F)c2)C1. The number of amides is 1. The molecule has 110 valence electrons. The Bertz CT molecular complexity index is 462. The minimum absolute atomic E-state index is 0.0218. The van der Waals surface area contributed by atoms with E-state index in [9.17, 15) is 9.18 Å². The first-order valence-corrected chi connectivity index (χ1v) is 7.32. The fraction of sp³-hybridized carbons (Fsp3) is 0.562. The Morgan fingerprint density at radius 3 is 3.00 bits per heavy atom. The van der Waals surface area contributed by atoms with Crippen LogP contribution >= 0.6 is 0 Å². The molecule has 1 aliphatic rings. The van der Waals surface area contributed by atoms with Gasteiger partial charge in [-0.1, -0.05) is 26.0 Å². The Labute approximate surface area is 120 Å². The molecule has 1 saturated heterocycles. The maximum absolute atomic E-state index is 13.2. The van der Waals surface area contributed by atoms with Gasteiger partial charge in [-0.05, 0) is 37.1 Å². The number of likely N-dealkylation sites (tertiary alicyclic amines) is 1. The van der Waals surface area contributed by atoms with Gasteiger partial charge >= 0.3 is 0 Å². The van der Waals surface area contributed by atoms with Crippen LogP contribution in [0, 0.1) is 11.7 Å². The molecule has 20 heavy (non-hydrogen) atoms. The normalized spacial score (nSPS) is 20.1. The monoisotopic (exact) mass is 278 g/mol. The molecule has 1 unspecified atom stereocenters. The molecule has 0 spiro atoms. The first-order valence-electron chi connectivity index (χ1n) is 7.32. The van der Waals surface area contributed by atoms with Crippen molar-refractivity contribution in [1.29, 1.82) is 0 Å². The molecule has 1 aliphatic heterocycles. The summed E-state index contributed by atoms with van der Waals surface area (Å²) in [4.78, 5) is 14.0. The number of carbonyl (C=O) groups excluding carboxylic acids is 1. The minimum Gasteiger partial charge on any atom is -0.352 e. The average Bonchev–Trinajstić information content (AvgIpc) is 2.39. The van der Waals surface area contributed by atoms with Crippen LogP contribution < -0.4 is 5.32 Å². The first-order chi connectivity index (χ1) is 9.54. The molecular formula is C16H23FN2O. The Balaban J connectivity index is 1.89. The number of rotatable bonds is 4. The van der Waals surface area contributed by atoms with Gasteiger partial charge in [-0.2, -0.15) is 0 Å². The van der Waals surface area contributed by atoms with Gasteiger partial charge in [-0.25, -0.2) is 4.39 Å². The lowest BCUT2D eigenvalue weighted by Crippen LogP contribution is -2.48. The molecule has 0 bridgehead atoms. The van der Waals surface area contributed by atoms with E-state index in [1.807, 2.05) is 19.9 Å². The highest BCUT2D eigenvalue weighted by atomic mass is 19.1. The molecule has 1 heterocycles. The molecule has 1 aromatic rings. The highest BCUT2D eigenvalue weighted by molar-refractivity contribution is 5.78. The van der Waals surface area contributed by atoms with Gasteiger partial charge in [0.1, 0.15) is 5.82 Å². The summed E-state index contributed by atoms with van der Waals surface area (Å²) in [5.74, 6) is -0.0552. The van der Waals surface area contributed by atoms with E-state index in [2.05, 4.69) is 10.2 Å². The van der Waals surface area contributed by atoms with Crippen molar-refractivity contribution in [2.45, 2.75) is 39.3 Å². The van der Waals surface area contributed by atoms with Crippen LogP contribution in [0.25, 0.3) is 0 Å². The lowest BCUT2D eigenvalue weighted by Gasteiger charge is -2.33. The fourth-order valence-corrected chi connectivity index (χ4v) is 2.58. The second kappa shape index (κ2) is 6.84. The Morgan fingerprint density at radius 1 is 1.50 bits per heavy atom. The van der Waals surface area contributed by atoms with Gasteiger partial charge in [0.15, 0.2) is 0 Å². The highest BCUT2D eigenvalue weighted by Crippen LogP contribution is 2.15. The van der Waals surface area contributed by atoms with E-state index in [4.69, 9.17) is 0 Å². The quantitative estimate of drug-likeness (QED) is 0.918. The molecule has 0 radical (unpaired) electrons. The van der Waals surface area contributed by atoms with Crippen molar-refractivity contribution < 1.29 is 9.18 Å². The van der Waals surface area contributed by atoms with Gasteiger partial charge in [0.05, 0.1) is 0 Å². The molecule has 1 aromatic carbocycles. The summed E-state index contributed by atoms with van der Waals surface area (Å²) in [5.41, 5.74) is 0.987. The van der Waals surface area contributed by atoms with Crippen LogP contribution in [0.1, 0.15) is 32.3 Å². The zero-order valence-electron chi connectivity index (χ0n) is 12.2. The van der Waals surface area contributed by atoms with Gasteiger partial charge in [-0.3, -0.25) is 9.69 Å². The van der Waals surface area contributed by atoms with Crippen molar-refractivity contribution in [1.82, 2.24) is 10.2 Å². The third-order valence-electron chi connectivity index (χ3n) is 3.67. The van der Waals surface area contributed by atoms with Crippen molar-refractivity contribution >= 4 is 5.91 Å². The summed E-state index contributed by atoms with van der Waals surface area (Å²) in [6.07, 6.45) is 2.09. The fourth-order valence-electron chi connectivity index (χ4n) is 2.58.